The van der Waals surface area contributed by atoms with Crippen molar-refractivity contribution in [3.8, 4) is 0 Å². The maximum atomic E-state index is 12.2. The molecule has 0 fully saturated rings. The van der Waals surface area contributed by atoms with Gasteiger partial charge in [0.15, 0.2) is 5.78 Å². The number of carbonyl (C=O) groups excluding carboxylic acids is 1. The SMILES string of the molecule is O=C1CCCC(c2ccccc2)=NN=C1c1ccccc1. The van der Waals surface area contributed by atoms with Crippen LogP contribution in [0.4, 0.5) is 0 Å². The van der Waals surface area contributed by atoms with Crippen LogP contribution < -0.4 is 0 Å². The van der Waals surface area contributed by atoms with Crippen molar-refractivity contribution in [2.45, 2.75) is 19.3 Å². The zero-order chi connectivity index (χ0) is 14.5. The Morgan fingerprint density at radius 3 is 2.00 bits per heavy atom. The first kappa shape index (κ1) is 13.4. The van der Waals surface area contributed by atoms with Crippen molar-refractivity contribution in [1.29, 1.82) is 0 Å². The van der Waals surface area contributed by atoms with Crippen LogP contribution in [0.2, 0.25) is 0 Å². The van der Waals surface area contributed by atoms with Crippen molar-refractivity contribution in [1.82, 2.24) is 0 Å². The third-order valence-electron chi connectivity index (χ3n) is 3.51. The molecule has 0 N–H and O–H groups in total. The molecule has 0 saturated carbocycles. The molecule has 3 heteroatoms. The third-order valence-corrected chi connectivity index (χ3v) is 3.51. The maximum absolute atomic E-state index is 12.2. The Morgan fingerprint density at radius 2 is 1.33 bits per heavy atom. The molecule has 1 aliphatic rings. The molecule has 0 aliphatic carbocycles. The summed E-state index contributed by atoms with van der Waals surface area (Å²) in [4.78, 5) is 12.2. The molecule has 104 valence electrons. The lowest BCUT2D eigenvalue weighted by atomic mass is 9.99. The van der Waals surface area contributed by atoms with Crippen molar-refractivity contribution in [3.63, 3.8) is 0 Å². The first-order valence-electron chi connectivity index (χ1n) is 7.13. The molecule has 2 aromatic rings. The molecule has 21 heavy (non-hydrogen) atoms. The van der Waals surface area contributed by atoms with Gasteiger partial charge in [-0.1, -0.05) is 60.7 Å². The van der Waals surface area contributed by atoms with Crippen LogP contribution in [0.25, 0.3) is 0 Å². The summed E-state index contributed by atoms with van der Waals surface area (Å²) in [5.74, 6) is 0.0667. The average molecular weight is 276 g/mol. The van der Waals surface area contributed by atoms with Gasteiger partial charge < -0.3 is 0 Å². The number of carbonyl (C=O) groups is 1. The molecule has 0 bridgehead atoms. The number of ketones is 1. The van der Waals surface area contributed by atoms with Crippen LogP contribution in [0.15, 0.2) is 70.9 Å². The van der Waals surface area contributed by atoms with E-state index in [0.29, 0.717) is 12.1 Å². The number of Topliss-reactive ketones (excluding diaryl/α,β-unsaturated/α-hetero) is 1. The van der Waals surface area contributed by atoms with Crippen molar-refractivity contribution in [3.05, 3.63) is 71.8 Å². The molecule has 2 aromatic carbocycles. The fourth-order valence-electron chi connectivity index (χ4n) is 2.40. The van der Waals surface area contributed by atoms with E-state index in [1.807, 2.05) is 60.7 Å². The normalized spacial score (nSPS) is 15.7. The molecule has 0 saturated heterocycles. The van der Waals surface area contributed by atoms with Gasteiger partial charge in [-0.25, -0.2) is 0 Å². The number of hydrogen-bond donors (Lipinski definition) is 0. The van der Waals surface area contributed by atoms with Gasteiger partial charge in [0.2, 0.25) is 0 Å². The van der Waals surface area contributed by atoms with Gasteiger partial charge in [0.1, 0.15) is 5.71 Å². The summed E-state index contributed by atoms with van der Waals surface area (Å²) in [7, 11) is 0. The second kappa shape index (κ2) is 6.27. The summed E-state index contributed by atoms with van der Waals surface area (Å²) in [6, 6.07) is 19.6. The van der Waals surface area contributed by atoms with E-state index in [0.717, 1.165) is 29.7 Å². The van der Waals surface area contributed by atoms with Gasteiger partial charge in [0.25, 0.3) is 0 Å². The van der Waals surface area contributed by atoms with E-state index in [2.05, 4.69) is 10.2 Å². The lowest BCUT2D eigenvalue weighted by Crippen LogP contribution is -2.18. The van der Waals surface area contributed by atoms with Gasteiger partial charge in [-0.2, -0.15) is 5.10 Å². The number of nitrogens with zero attached hydrogens (tertiary/aromatic N) is 2. The fraction of sp³-hybridized carbons (Fsp3) is 0.167. The summed E-state index contributed by atoms with van der Waals surface area (Å²) in [5.41, 5.74) is 3.31. The van der Waals surface area contributed by atoms with Crippen molar-refractivity contribution < 1.29 is 4.79 Å². The Labute approximate surface area is 124 Å². The Balaban J connectivity index is 2.01. The van der Waals surface area contributed by atoms with Crippen molar-refractivity contribution in [2.24, 2.45) is 10.2 Å². The minimum atomic E-state index is 0.0667. The molecule has 0 spiro atoms. The molecule has 0 amide bonds. The van der Waals surface area contributed by atoms with Crippen molar-refractivity contribution >= 4 is 17.2 Å². The number of benzene rings is 2. The van der Waals surface area contributed by atoms with Crippen LogP contribution in [-0.2, 0) is 4.79 Å². The van der Waals surface area contributed by atoms with Crippen molar-refractivity contribution in [2.75, 3.05) is 0 Å². The Morgan fingerprint density at radius 1 is 0.714 bits per heavy atom. The molecule has 1 heterocycles. The van der Waals surface area contributed by atoms with Gasteiger partial charge in [0.05, 0.1) is 5.71 Å². The zero-order valence-electron chi connectivity index (χ0n) is 11.7. The topological polar surface area (TPSA) is 41.8 Å². The van der Waals surface area contributed by atoms with Gasteiger partial charge in [0, 0.05) is 12.0 Å². The summed E-state index contributed by atoms with van der Waals surface area (Å²) in [5, 5.41) is 8.59. The molecule has 0 unspecified atom stereocenters. The predicted molar refractivity (Wildman–Crippen MR) is 84.8 cm³/mol. The largest absolute Gasteiger partial charge is 0.292 e. The zero-order valence-corrected chi connectivity index (χ0v) is 11.7. The summed E-state index contributed by atoms with van der Waals surface area (Å²) in [6.07, 6.45) is 2.10. The van der Waals surface area contributed by atoms with Crippen LogP contribution in [0.1, 0.15) is 30.4 Å². The lowest BCUT2D eigenvalue weighted by Gasteiger charge is -2.10. The van der Waals surface area contributed by atoms with Crippen LogP contribution in [0.5, 0.6) is 0 Å². The molecule has 0 radical (unpaired) electrons. The maximum Gasteiger partial charge on any atom is 0.183 e. The number of hydrogen-bond acceptors (Lipinski definition) is 3. The first-order chi connectivity index (χ1) is 10.3. The summed E-state index contributed by atoms with van der Waals surface area (Å²) >= 11 is 0. The third kappa shape index (κ3) is 3.14. The van der Waals surface area contributed by atoms with Gasteiger partial charge >= 0.3 is 0 Å². The smallest absolute Gasteiger partial charge is 0.183 e. The molecule has 1 aliphatic heterocycles. The molecular formula is C18H16N2O. The van der Waals surface area contributed by atoms with Crippen LogP contribution in [-0.4, -0.2) is 17.2 Å². The highest BCUT2D eigenvalue weighted by Crippen LogP contribution is 2.14. The van der Waals surface area contributed by atoms with Gasteiger partial charge in [-0.3, -0.25) is 4.79 Å². The van der Waals surface area contributed by atoms with E-state index in [1.54, 1.807) is 0 Å². The molecular weight excluding hydrogens is 260 g/mol. The van der Waals surface area contributed by atoms with E-state index in [1.165, 1.54) is 0 Å². The monoisotopic (exact) mass is 276 g/mol. The van der Waals surface area contributed by atoms with Crippen LogP contribution in [0.3, 0.4) is 0 Å². The standard InChI is InChI=1S/C18H16N2O/c21-17-13-7-12-16(14-8-3-1-4-9-14)19-20-18(17)15-10-5-2-6-11-15/h1-6,8-11H,7,12-13H2. The summed E-state index contributed by atoms with van der Waals surface area (Å²) in [6.45, 7) is 0. The van der Waals surface area contributed by atoms with Gasteiger partial charge in [-0.15, -0.1) is 5.10 Å². The fourth-order valence-corrected chi connectivity index (χ4v) is 2.40. The molecule has 3 nitrogen and oxygen atoms in total. The van der Waals surface area contributed by atoms with Crippen LogP contribution >= 0.6 is 0 Å². The highest BCUT2D eigenvalue weighted by atomic mass is 16.1. The van der Waals surface area contributed by atoms with E-state index in [-0.39, 0.29) is 5.78 Å². The van der Waals surface area contributed by atoms with E-state index < -0.39 is 0 Å². The Kier molecular flexibility index (Phi) is 4.01. The second-order valence-corrected chi connectivity index (χ2v) is 5.00. The van der Waals surface area contributed by atoms with E-state index >= 15 is 0 Å². The highest BCUT2D eigenvalue weighted by Gasteiger charge is 2.17. The Hall–Kier alpha value is -2.55. The van der Waals surface area contributed by atoms with Gasteiger partial charge in [-0.05, 0) is 18.4 Å². The van der Waals surface area contributed by atoms with E-state index in [4.69, 9.17) is 0 Å². The first-order valence-corrected chi connectivity index (χ1v) is 7.13. The second-order valence-electron chi connectivity index (χ2n) is 5.00. The summed E-state index contributed by atoms with van der Waals surface area (Å²) < 4.78 is 0. The lowest BCUT2D eigenvalue weighted by molar-refractivity contribution is -0.113. The average Bonchev–Trinajstić information content (AvgIpc) is 2.53. The van der Waals surface area contributed by atoms with E-state index in [9.17, 15) is 4.79 Å². The highest BCUT2D eigenvalue weighted by molar-refractivity contribution is 6.46. The molecule has 3 rings (SSSR count). The Bertz CT molecular complexity index is 688. The predicted octanol–water partition coefficient (Wildman–Crippen LogP) is 3.63. The molecule has 0 atom stereocenters. The minimum absolute atomic E-state index is 0.0667. The molecule has 0 aromatic heterocycles. The number of rotatable bonds is 2. The van der Waals surface area contributed by atoms with Crippen LogP contribution in [0, 0.1) is 0 Å². The quantitative estimate of drug-likeness (QED) is 0.825. The minimum Gasteiger partial charge on any atom is -0.292 e.